The van der Waals surface area contributed by atoms with E-state index in [0.717, 1.165) is 5.75 Å². The van der Waals surface area contributed by atoms with E-state index in [1.165, 1.54) is 4.24 Å². The van der Waals surface area contributed by atoms with E-state index in [9.17, 15) is 0 Å². The van der Waals surface area contributed by atoms with Crippen LogP contribution in [-0.2, 0) is 0 Å². The second-order valence-corrected chi connectivity index (χ2v) is 3.72. The van der Waals surface area contributed by atoms with E-state index >= 15 is 0 Å². The van der Waals surface area contributed by atoms with Crippen molar-refractivity contribution in [2.75, 3.05) is 5.75 Å². The average Bonchev–Trinajstić information content (AvgIpc) is 1.91. The van der Waals surface area contributed by atoms with Crippen molar-refractivity contribution in [2.45, 2.75) is 0 Å². The molecule has 0 N–H and O–H groups in total. The predicted octanol–water partition coefficient (Wildman–Crippen LogP) is 2.81. The van der Waals surface area contributed by atoms with E-state index < -0.39 is 0 Å². The summed E-state index contributed by atoms with van der Waals surface area (Å²) < 4.78 is 1.28. The molecule has 0 nitrogen and oxygen atoms in total. The zero-order chi connectivity index (χ0) is 6.53. The molecule has 1 aliphatic rings. The van der Waals surface area contributed by atoms with E-state index in [4.69, 9.17) is 0 Å². The monoisotopic (exact) mass is 155 g/mol. The lowest BCUT2D eigenvalue weighted by Gasteiger charge is -2.02. The van der Waals surface area contributed by atoms with Gasteiger partial charge in [-0.2, -0.15) is 0 Å². The number of rotatable bonds is 2. The maximum Gasteiger partial charge on any atom is 0.0453 e. The number of thioether (sulfide) groups is 2. The van der Waals surface area contributed by atoms with Gasteiger partial charge in [0.15, 0.2) is 0 Å². The third kappa shape index (κ3) is 2.33. The lowest BCUT2D eigenvalue weighted by Crippen LogP contribution is -1.76. The van der Waals surface area contributed by atoms with E-state index in [1.807, 2.05) is 11.8 Å². The first-order valence-corrected chi connectivity index (χ1v) is 4.42. The first kappa shape index (κ1) is 7.03. The Bertz CT molecular complexity index is 156. The Morgan fingerprint density at radius 1 is 1.78 bits per heavy atom. The van der Waals surface area contributed by atoms with E-state index in [2.05, 4.69) is 30.2 Å². The molecule has 1 rings (SSSR count). The van der Waals surface area contributed by atoms with Crippen molar-refractivity contribution in [3.05, 3.63) is 34.5 Å². The highest BCUT2D eigenvalue weighted by Gasteiger charge is 1.96. The minimum atomic E-state index is 1.08. The molecule has 0 aliphatic carbocycles. The van der Waals surface area contributed by atoms with Crippen molar-refractivity contribution in [3.63, 3.8) is 0 Å². The Balaban J connectivity index is 2.47. The van der Waals surface area contributed by atoms with Crippen molar-refractivity contribution in [1.29, 1.82) is 0 Å². The third-order valence-corrected chi connectivity index (χ3v) is 2.73. The van der Waals surface area contributed by atoms with Crippen molar-refractivity contribution < 1.29 is 0 Å². The summed E-state index contributed by atoms with van der Waals surface area (Å²) >= 11 is 3.39. The van der Waals surface area contributed by atoms with Crippen molar-refractivity contribution in [1.82, 2.24) is 0 Å². The Hall–Kier alpha value is -0.0800. The van der Waals surface area contributed by atoms with Gasteiger partial charge in [0.25, 0.3) is 0 Å². The molecule has 1 aliphatic heterocycles. The number of hydrogen-bond donors (Lipinski definition) is 0. The van der Waals surface area contributed by atoms with Gasteiger partial charge in [0.05, 0.1) is 0 Å². The Kier molecular flexibility index (Phi) is 3.01. The fourth-order valence-corrected chi connectivity index (χ4v) is 1.97. The highest BCUT2D eigenvalue weighted by molar-refractivity contribution is 8.23. The lowest BCUT2D eigenvalue weighted by atomic mass is 10.5. The average molecular weight is 155 g/mol. The molecule has 1 heterocycles. The van der Waals surface area contributed by atoms with Gasteiger partial charge in [0.2, 0.25) is 0 Å². The van der Waals surface area contributed by atoms with Crippen LogP contribution in [0.5, 0.6) is 0 Å². The quantitative estimate of drug-likeness (QED) is 0.601. The van der Waals surface area contributed by atoms with Gasteiger partial charge in [0, 0.05) is 15.4 Å². The van der Waals surface area contributed by atoms with Crippen LogP contribution in [0.3, 0.4) is 0 Å². The molecule has 0 spiro atoms. The molecular weight excluding hydrogens is 148 g/mol. The molecule has 47 valence electrons. The topological polar surface area (TPSA) is 0 Å². The molecule has 1 radical (unpaired) electrons. The highest BCUT2D eigenvalue weighted by atomic mass is 32.2. The van der Waals surface area contributed by atoms with Crippen LogP contribution in [0.1, 0.15) is 0 Å². The van der Waals surface area contributed by atoms with Gasteiger partial charge in [-0.15, -0.1) is 11.8 Å². The molecule has 0 atom stereocenters. The molecular formula is C7H7S2. The summed E-state index contributed by atoms with van der Waals surface area (Å²) in [5.41, 5.74) is 0. The zero-order valence-corrected chi connectivity index (χ0v) is 6.60. The highest BCUT2D eigenvalue weighted by Crippen LogP contribution is 2.30. The second-order valence-electron chi connectivity index (χ2n) is 1.47. The molecule has 0 saturated heterocycles. The summed E-state index contributed by atoms with van der Waals surface area (Å²) in [6, 6.07) is 0. The molecule has 0 fully saturated rings. The van der Waals surface area contributed by atoms with Gasteiger partial charge in [-0.3, -0.25) is 0 Å². The van der Waals surface area contributed by atoms with Gasteiger partial charge < -0.3 is 0 Å². The molecule has 0 aromatic rings. The summed E-state index contributed by atoms with van der Waals surface area (Å²) in [6.45, 7) is 3.51. The maximum atomic E-state index is 3.51. The SMILES string of the molecule is C=[C]SC1=CC=CCS1. The van der Waals surface area contributed by atoms with Crippen molar-refractivity contribution in [2.24, 2.45) is 0 Å². The smallest absolute Gasteiger partial charge is 0.0453 e. The molecule has 2 heteroatoms. The molecule has 0 amide bonds. The Morgan fingerprint density at radius 3 is 3.22 bits per heavy atom. The summed E-state index contributed by atoms with van der Waals surface area (Å²) in [4.78, 5) is 0. The van der Waals surface area contributed by atoms with Gasteiger partial charge in [-0.25, -0.2) is 0 Å². The van der Waals surface area contributed by atoms with Crippen LogP contribution >= 0.6 is 23.5 Å². The fourth-order valence-electron chi connectivity index (χ4n) is 0.515. The Morgan fingerprint density at radius 2 is 2.67 bits per heavy atom. The minimum Gasteiger partial charge on any atom is -0.115 e. The van der Waals surface area contributed by atoms with Crippen LogP contribution < -0.4 is 0 Å². The second kappa shape index (κ2) is 3.85. The minimum absolute atomic E-state index is 1.08. The first-order valence-electron chi connectivity index (χ1n) is 2.62. The molecule has 0 unspecified atom stereocenters. The molecule has 0 bridgehead atoms. The maximum absolute atomic E-state index is 3.51. The van der Waals surface area contributed by atoms with Gasteiger partial charge in [-0.1, -0.05) is 30.5 Å². The van der Waals surface area contributed by atoms with Crippen LogP contribution in [-0.4, -0.2) is 5.75 Å². The summed E-state index contributed by atoms with van der Waals surface area (Å²) in [5.74, 6) is 1.08. The summed E-state index contributed by atoms with van der Waals surface area (Å²) in [5, 5.41) is 2.78. The number of hydrogen-bond acceptors (Lipinski definition) is 2. The normalized spacial score (nSPS) is 17.1. The lowest BCUT2D eigenvalue weighted by molar-refractivity contribution is 1.73. The van der Waals surface area contributed by atoms with E-state index in [1.54, 1.807) is 11.8 Å². The Labute approximate surface area is 64.1 Å². The van der Waals surface area contributed by atoms with Crippen molar-refractivity contribution in [3.8, 4) is 0 Å². The molecule has 9 heavy (non-hydrogen) atoms. The molecule has 0 aromatic heterocycles. The standard InChI is InChI=1S/C7H7S2/c1-2-8-7-5-3-4-6-9-7/h3-5H,1,6H2. The van der Waals surface area contributed by atoms with Crippen LogP contribution in [0.25, 0.3) is 0 Å². The number of allylic oxidation sites excluding steroid dienone is 2. The largest absolute Gasteiger partial charge is 0.115 e. The predicted molar refractivity (Wildman–Crippen MR) is 46.1 cm³/mol. The molecule has 0 saturated carbocycles. The van der Waals surface area contributed by atoms with Crippen LogP contribution in [0.15, 0.2) is 29.0 Å². The van der Waals surface area contributed by atoms with Crippen LogP contribution in [0.4, 0.5) is 0 Å². The van der Waals surface area contributed by atoms with Crippen LogP contribution in [0.2, 0.25) is 0 Å². The van der Waals surface area contributed by atoms with Gasteiger partial charge in [-0.05, 0) is 6.08 Å². The van der Waals surface area contributed by atoms with Crippen LogP contribution in [0, 0.1) is 5.41 Å². The van der Waals surface area contributed by atoms with Gasteiger partial charge >= 0.3 is 0 Å². The summed E-state index contributed by atoms with van der Waals surface area (Å²) in [7, 11) is 0. The summed E-state index contributed by atoms with van der Waals surface area (Å²) in [6.07, 6.45) is 6.28. The van der Waals surface area contributed by atoms with E-state index in [0.29, 0.717) is 0 Å². The first-order chi connectivity index (χ1) is 4.43. The van der Waals surface area contributed by atoms with Crippen molar-refractivity contribution >= 4 is 23.5 Å². The zero-order valence-electron chi connectivity index (χ0n) is 4.96. The van der Waals surface area contributed by atoms with Gasteiger partial charge in [0.1, 0.15) is 0 Å². The van der Waals surface area contributed by atoms with E-state index in [-0.39, 0.29) is 0 Å². The molecule has 0 aromatic carbocycles. The third-order valence-electron chi connectivity index (χ3n) is 0.863. The fraction of sp³-hybridized carbons (Fsp3) is 0.143.